The van der Waals surface area contributed by atoms with E-state index >= 15 is 0 Å². The molecule has 37 heavy (non-hydrogen) atoms. The number of carbonyl (C=O) groups is 1. The Hall–Kier alpha value is -4.27. The third kappa shape index (κ3) is 5.02. The number of anilines is 3. The summed E-state index contributed by atoms with van der Waals surface area (Å²) >= 11 is 0. The molecular weight excluding hydrogens is 468 g/mol. The standard InChI is InChI=1S/C28H32N6O3/c1-29-26(35)18-11-14-22(23(15-18)36-4)31-28-32-25-24(27(33-28)37-20-7-5-6-8-20)21(16-30-25)17-9-12-19(13-10-17)34(2)3/h9-16,20H,5-8H2,1-4H3,(H,29,35)(H2,30,31,32,33). The zero-order valence-corrected chi connectivity index (χ0v) is 21.6. The Bertz CT molecular complexity index is 1410. The van der Waals surface area contributed by atoms with E-state index in [-0.39, 0.29) is 12.0 Å². The van der Waals surface area contributed by atoms with Crippen LogP contribution in [0.15, 0.2) is 48.7 Å². The van der Waals surface area contributed by atoms with Crippen molar-refractivity contribution in [3.63, 3.8) is 0 Å². The Morgan fingerprint density at radius 2 is 1.84 bits per heavy atom. The van der Waals surface area contributed by atoms with E-state index in [4.69, 9.17) is 19.4 Å². The molecule has 9 nitrogen and oxygen atoms in total. The first kappa shape index (κ1) is 24.4. The normalized spacial score (nSPS) is 13.5. The number of hydrogen-bond acceptors (Lipinski definition) is 7. The van der Waals surface area contributed by atoms with Crippen LogP contribution in [0.3, 0.4) is 0 Å². The van der Waals surface area contributed by atoms with E-state index < -0.39 is 0 Å². The largest absolute Gasteiger partial charge is 0.495 e. The molecule has 1 saturated carbocycles. The first-order valence-corrected chi connectivity index (χ1v) is 12.5. The van der Waals surface area contributed by atoms with Gasteiger partial charge in [0, 0.05) is 44.2 Å². The number of H-pyrrole nitrogens is 1. The molecule has 9 heteroatoms. The second-order valence-electron chi connectivity index (χ2n) is 9.36. The Morgan fingerprint density at radius 3 is 2.51 bits per heavy atom. The number of hydrogen-bond donors (Lipinski definition) is 3. The van der Waals surface area contributed by atoms with Crippen LogP contribution in [0.2, 0.25) is 0 Å². The van der Waals surface area contributed by atoms with Crippen LogP contribution in [0.5, 0.6) is 11.6 Å². The highest BCUT2D eigenvalue weighted by Crippen LogP contribution is 2.38. The lowest BCUT2D eigenvalue weighted by Gasteiger charge is -2.16. The molecule has 0 saturated heterocycles. The van der Waals surface area contributed by atoms with Gasteiger partial charge in [0.15, 0.2) is 0 Å². The molecule has 1 aliphatic rings. The second kappa shape index (κ2) is 10.4. The summed E-state index contributed by atoms with van der Waals surface area (Å²) in [6, 6.07) is 13.6. The number of methoxy groups -OCH3 is 1. The predicted octanol–water partition coefficient (Wildman–Crippen LogP) is 5.12. The van der Waals surface area contributed by atoms with Crippen LogP contribution in [0.1, 0.15) is 36.0 Å². The van der Waals surface area contributed by atoms with Gasteiger partial charge in [0.2, 0.25) is 11.8 Å². The number of fused-ring (bicyclic) bond motifs is 1. The van der Waals surface area contributed by atoms with Crippen LogP contribution < -0.4 is 25.0 Å². The molecule has 5 rings (SSSR count). The molecule has 0 radical (unpaired) electrons. The number of aromatic amines is 1. The third-order valence-electron chi connectivity index (χ3n) is 6.71. The van der Waals surface area contributed by atoms with Crippen molar-refractivity contribution < 1.29 is 14.3 Å². The lowest BCUT2D eigenvalue weighted by Crippen LogP contribution is -2.17. The highest BCUT2D eigenvalue weighted by Gasteiger charge is 2.23. The summed E-state index contributed by atoms with van der Waals surface area (Å²) in [6.45, 7) is 0. The van der Waals surface area contributed by atoms with Crippen LogP contribution in [-0.4, -0.2) is 55.2 Å². The number of nitrogens with one attached hydrogen (secondary N) is 3. The van der Waals surface area contributed by atoms with Gasteiger partial charge in [-0.15, -0.1) is 0 Å². The third-order valence-corrected chi connectivity index (χ3v) is 6.71. The second-order valence-corrected chi connectivity index (χ2v) is 9.36. The number of amides is 1. The van der Waals surface area contributed by atoms with Crippen LogP contribution in [0, 0.1) is 0 Å². The number of aromatic nitrogens is 3. The van der Waals surface area contributed by atoms with Gasteiger partial charge in [-0.05, 0) is 61.6 Å². The maximum absolute atomic E-state index is 12.0. The summed E-state index contributed by atoms with van der Waals surface area (Å²) in [5, 5.41) is 6.73. The fourth-order valence-electron chi connectivity index (χ4n) is 4.67. The monoisotopic (exact) mass is 500 g/mol. The summed E-state index contributed by atoms with van der Waals surface area (Å²) < 4.78 is 12.0. The number of benzene rings is 2. The lowest BCUT2D eigenvalue weighted by atomic mass is 10.1. The minimum absolute atomic E-state index is 0.131. The number of rotatable bonds is 8. The van der Waals surface area contributed by atoms with Gasteiger partial charge in [0.05, 0.1) is 18.2 Å². The summed E-state index contributed by atoms with van der Waals surface area (Å²) in [7, 11) is 7.21. The Labute approximate surface area is 216 Å². The van der Waals surface area contributed by atoms with E-state index in [1.54, 1.807) is 32.4 Å². The Morgan fingerprint density at radius 1 is 1.08 bits per heavy atom. The summed E-state index contributed by atoms with van der Waals surface area (Å²) in [6.07, 6.45) is 6.43. The molecule has 0 aliphatic heterocycles. The Balaban J connectivity index is 1.54. The molecule has 4 aromatic rings. The van der Waals surface area contributed by atoms with Gasteiger partial charge in [0.25, 0.3) is 5.91 Å². The van der Waals surface area contributed by atoms with Crippen molar-refractivity contribution in [2.75, 3.05) is 38.5 Å². The van der Waals surface area contributed by atoms with Crippen molar-refractivity contribution in [3.8, 4) is 22.8 Å². The van der Waals surface area contributed by atoms with Crippen LogP contribution in [0.4, 0.5) is 17.3 Å². The molecule has 0 bridgehead atoms. The average Bonchev–Trinajstić information content (AvgIpc) is 3.58. The highest BCUT2D eigenvalue weighted by molar-refractivity contribution is 5.98. The minimum atomic E-state index is -0.188. The first-order valence-electron chi connectivity index (χ1n) is 12.5. The highest BCUT2D eigenvalue weighted by atomic mass is 16.5. The molecular formula is C28H32N6O3. The summed E-state index contributed by atoms with van der Waals surface area (Å²) in [5.41, 5.74) is 5.01. The molecule has 3 N–H and O–H groups in total. The van der Waals surface area contributed by atoms with Crippen molar-refractivity contribution in [1.29, 1.82) is 0 Å². The van der Waals surface area contributed by atoms with Gasteiger partial charge in [0.1, 0.15) is 17.5 Å². The predicted molar refractivity (Wildman–Crippen MR) is 146 cm³/mol. The van der Waals surface area contributed by atoms with Gasteiger partial charge >= 0.3 is 0 Å². The van der Waals surface area contributed by atoms with E-state index in [0.29, 0.717) is 34.5 Å². The van der Waals surface area contributed by atoms with E-state index in [1.165, 1.54) is 0 Å². The van der Waals surface area contributed by atoms with E-state index in [0.717, 1.165) is 47.9 Å². The van der Waals surface area contributed by atoms with Crippen LogP contribution in [-0.2, 0) is 0 Å². The molecule has 1 fully saturated rings. The fraction of sp³-hybridized carbons (Fsp3) is 0.321. The smallest absolute Gasteiger partial charge is 0.251 e. The lowest BCUT2D eigenvalue weighted by molar-refractivity contribution is 0.0962. The molecule has 2 aromatic heterocycles. The minimum Gasteiger partial charge on any atom is -0.495 e. The number of carbonyl (C=O) groups excluding carboxylic acids is 1. The van der Waals surface area contributed by atoms with Crippen molar-refractivity contribution >= 4 is 34.3 Å². The van der Waals surface area contributed by atoms with Crippen molar-refractivity contribution in [2.45, 2.75) is 31.8 Å². The van der Waals surface area contributed by atoms with E-state index in [2.05, 4.69) is 44.8 Å². The SMILES string of the molecule is CNC(=O)c1ccc(Nc2nc(OC3CCCC3)c3c(-c4ccc(N(C)C)cc4)c[nH]c3n2)c(OC)c1. The van der Waals surface area contributed by atoms with E-state index in [9.17, 15) is 4.79 Å². The summed E-state index contributed by atoms with van der Waals surface area (Å²) in [5.74, 6) is 1.25. The maximum atomic E-state index is 12.0. The van der Waals surface area contributed by atoms with Crippen LogP contribution in [0.25, 0.3) is 22.2 Å². The van der Waals surface area contributed by atoms with Gasteiger partial charge in [-0.3, -0.25) is 4.79 Å². The number of ether oxygens (including phenoxy) is 2. The average molecular weight is 501 g/mol. The zero-order chi connectivity index (χ0) is 25.9. The molecule has 2 heterocycles. The molecule has 0 spiro atoms. The molecule has 1 aliphatic carbocycles. The molecule has 192 valence electrons. The van der Waals surface area contributed by atoms with Crippen molar-refractivity contribution in [2.24, 2.45) is 0 Å². The van der Waals surface area contributed by atoms with Crippen molar-refractivity contribution in [3.05, 3.63) is 54.2 Å². The Kier molecular flexibility index (Phi) is 6.85. The van der Waals surface area contributed by atoms with Gasteiger partial charge < -0.3 is 30.0 Å². The topological polar surface area (TPSA) is 104 Å². The number of nitrogens with zero attached hydrogens (tertiary/aromatic N) is 3. The first-order chi connectivity index (χ1) is 18.0. The molecule has 0 atom stereocenters. The maximum Gasteiger partial charge on any atom is 0.251 e. The molecule has 0 unspecified atom stereocenters. The van der Waals surface area contributed by atoms with Gasteiger partial charge in [-0.2, -0.15) is 9.97 Å². The van der Waals surface area contributed by atoms with Crippen LogP contribution >= 0.6 is 0 Å². The fourth-order valence-corrected chi connectivity index (χ4v) is 4.67. The van der Waals surface area contributed by atoms with Gasteiger partial charge in [-0.25, -0.2) is 0 Å². The van der Waals surface area contributed by atoms with Crippen molar-refractivity contribution in [1.82, 2.24) is 20.3 Å². The summed E-state index contributed by atoms with van der Waals surface area (Å²) in [4.78, 5) is 27.0. The molecule has 1 amide bonds. The quantitative estimate of drug-likeness (QED) is 0.308. The zero-order valence-electron chi connectivity index (χ0n) is 21.6. The van der Waals surface area contributed by atoms with Gasteiger partial charge in [-0.1, -0.05) is 12.1 Å². The molecule has 2 aromatic carbocycles. The van der Waals surface area contributed by atoms with E-state index in [1.807, 2.05) is 20.3 Å².